The van der Waals surface area contributed by atoms with Crippen molar-refractivity contribution in [1.82, 2.24) is 15.0 Å². The molecule has 1 fully saturated rings. The van der Waals surface area contributed by atoms with Crippen LogP contribution >= 0.6 is 49.9 Å². The molecule has 60 heavy (non-hydrogen) atoms. The number of hydrogen-bond donors (Lipinski definition) is 3. The summed E-state index contributed by atoms with van der Waals surface area (Å²) in [6.07, 6.45) is 1.66. The van der Waals surface area contributed by atoms with Crippen LogP contribution in [-0.2, 0) is 11.2 Å². The van der Waals surface area contributed by atoms with E-state index in [0.29, 0.717) is 19.1 Å². The average molecular weight is 913 g/mol. The summed E-state index contributed by atoms with van der Waals surface area (Å²) in [5, 5.41) is 18.1. The van der Waals surface area contributed by atoms with Gasteiger partial charge >= 0.3 is 0 Å². The molecule has 4 N–H and O–H groups in total. The minimum absolute atomic E-state index is 0.422. The highest BCUT2D eigenvalue weighted by Gasteiger charge is 2.19. The summed E-state index contributed by atoms with van der Waals surface area (Å²) in [7, 11) is 0. The molecule has 0 radical (unpaired) electrons. The van der Waals surface area contributed by atoms with Gasteiger partial charge in [-0.25, -0.2) is 15.0 Å². The number of aryl methyl sites for hydroxylation is 4. The number of aliphatic hydroxyl groups excluding tert-OH is 1. The zero-order chi connectivity index (χ0) is 41.6. The maximum atomic E-state index is 10.6. The first-order valence-electron chi connectivity index (χ1n) is 19.9. The van der Waals surface area contributed by atoms with Gasteiger partial charge < -0.3 is 20.9 Å². The van der Waals surface area contributed by atoms with E-state index in [9.17, 15) is 5.11 Å². The van der Waals surface area contributed by atoms with Gasteiger partial charge in [-0.2, -0.15) is 0 Å². The summed E-state index contributed by atoms with van der Waals surface area (Å²) in [6.45, 7) is 7.80. The van der Waals surface area contributed by atoms with Crippen molar-refractivity contribution in [3.63, 3.8) is 0 Å². The molecule has 11 heteroatoms. The fourth-order valence-corrected chi connectivity index (χ4v) is 10.0. The molecule has 9 aromatic rings. The predicted molar refractivity (Wildman–Crippen MR) is 260 cm³/mol. The van der Waals surface area contributed by atoms with Gasteiger partial charge in [-0.3, -0.25) is 0 Å². The molecule has 304 valence electrons. The van der Waals surface area contributed by atoms with Crippen LogP contribution in [0.3, 0.4) is 0 Å². The lowest BCUT2D eigenvalue weighted by molar-refractivity contribution is 0.177. The molecule has 2 unspecified atom stereocenters. The number of nitrogens with zero attached hydrogens (tertiary/aromatic N) is 3. The first-order chi connectivity index (χ1) is 29.1. The molecule has 1 saturated heterocycles. The molecule has 0 aliphatic carbocycles. The van der Waals surface area contributed by atoms with Gasteiger partial charge in [0.1, 0.15) is 15.0 Å². The van der Waals surface area contributed by atoms with Gasteiger partial charge in [-0.05, 0) is 141 Å². The van der Waals surface area contributed by atoms with Crippen molar-refractivity contribution in [2.45, 2.75) is 45.8 Å². The van der Waals surface area contributed by atoms with Crippen molar-refractivity contribution in [1.29, 1.82) is 0 Å². The number of ether oxygens (including phenoxy) is 1. The van der Waals surface area contributed by atoms with Crippen LogP contribution in [0.25, 0.3) is 62.4 Å². The Hall–Kier alpha value is -5.01. The fraction of sp³-hybridized carbons (Fsp3) is 0.204. The Morgan fingerprint density at radius 3 is 1.47 bits per heavy atom. The topological polar surface area (TPSA) is 109 Å². The number of rotatable bonds is 10. The molecule has 6 aromatic carbocycles. The Kier molecular flexibility index (Phi) is 13.3. The number of nitrogen functional groups attached to an aromatic ring is 1. The average Bonchev–Trinajstić information content (AvgIpc) is 3.64. The second-order valence-electron chi connectivity index (χ2n) is 15.0. The highest BCUT2D eigenvalue weighted by Crippen LogP contribution is 2.33. The van der Waals surface area contributed by atoms with Crippen LogP contribution in [0.2, 0.25) is 0 Å². The third kappa shape index (κ3) is 10.8. The summed E-state index contributed by atoms with van der Waals surface area (Å²) in [5.41, 5.74) is 19.0. The largest absolute Gasteiger partial charge is 0.399 e. The Morgan fingerprint density at radius 2 is 1.07 bits per heavy atom. The van der Waals surface area contributed by atoms with Gasteiger partial charge in [0.15, 0.2) is 0 Å². The number of nitrogens with one attached hydrogen (secondary N) is 1. The van der Waals surface area contributed by atoms with Crippen LogP contribution in [0.1, 0.15) is 28.7 Å². The van der Waals surface area contributed by atoms with Crippen molar-refractivity contribution in [3.05, 3.63) is 150 Å². The standard InChI is InChI=1S/C32H29N3OS2.C14H12N2S.C3H5BrO/c1-20-3-15-27-29(17-20)37-31(34-27)23-8-5-22(6-9-23)7-14-26(36)19-33-25-12-10-24(11-13-25)32-35-28-16-4-21(2)18-30(28)38-32;1-9-2-7-12-13(8-9)17-14(16-12)10-3-5-11(15)6-4-10;4-1-3-2-5-3/h3-6,8-13,15-18,26,33,36H,7,14,19H2,1-2H3;2-8H,15H2,1H3;3H,1-2H2. The third-order valence-electron chi connectivity index (χ3n) is 10.0. The molecule has 0 bridgehead atoms. The van der Waals surface area contributed by atoms with E-state index in [4.69, 9.17) is 20.4 Å². The first kappa shape index (κ1) is 41.7. The van der Waals surface area contributed by atoms with E-state index < -0.39 is 6.10 Å². The first-order valence-corrected chi connectivity index (χ1v) is 23.5. The molecule has 3 aromatic heterocycles. The van der Waals surface area contributed by atoms with Crippen LogP contribution in [0, 0.1) is 20.8 Å². The number of aliphatic hydroxyl groups is 1. The molecular formula is C49H46BrN5O2S3. The number of halogens is 1. The number of epoxide rings is 1. The SMILES string of the molecule is BrCC1CO1.Cc1ccc2nc(-c3ccc(CCC(O)CNc4ccc(-c5nc6ccc(C)cc6s5)cc4)cc3)sc2c1.Cc1ccc2nc(-c3ccc(N)cc3)sc2c1. The highest BCUT2D eigenvalue weighted by atomic mass is 79.9. The van der Waals surface area contributed by atoms with Gasteiger partial charge in [-0.15, -0.1) is 34.0 Å². The van der Waals surface area contributed by atoms with E-state index in [1.54, 1.807) is 34.0 Å². The normalized spacial score (nSPS) is 13.7. The molecule has 1 aliphatic heterocycles. The number of benzene rings is 6. The lowest BCUT2D eigenvalue weighted by atomic mass is 10.0. The monoisotopic (exact) mass is 911 g/mol. The van der Waals surface area contributed by atoms with Gasteiger partial charge in [0.05, 0.1) is 49.5 Å². The van der Waals surface area contributed by atoms with Crippen molar-refractivity contribution >= 4 is 92.0 Å². The second-order valence-corrected chi connectivity index (χ2v) is 18.8. The number of alkyl halides is 1. The second kappa shape index (κ2) is 19.1. The molecule has 2 atom stereocenters. The van der Waals surface area contributed by atoms with Gasteiger partial charge in [-0.1, -0.05) is 58.4 Å². The maximum Gasteiger partial charge on any atom is 0.124 e. The maximum absolute atomic E-state index is 10.6. The molecule has 7 nitrogen and oxygen atoms in total. The highest BCUT2D eigenvalue weighted by molar-refractivity contribution is 9.09. The Labute approximate surface area is 371 Å². The van der Waals surface area contributed by atoms with Gasteiger partial charge in [0.25, 0.3) is 0 Å². The lowest BCUT2D eigenvalue weighted by Crippen LogP contribution is -2.20. The van der Waals surface area contributed by atoms with Crippen LogP contribution in [0.4, 0.5) is 11.4 Å². The molecule has 4 heterocycles. The predicted octanol–water partition coefficient (Wildman–Crippen LogP) is 12.9. The van der Waals surface area contributed by atoms with E-state index in [0.717, 1.165) is 78.0 Å². The zero-order valence-electron chi connectivity index (χ0n) is 33.7. The summed E-state index contributed by atoms with van der Waals surface area (Å²) in [6, 6.07) is 43.8. The number of fused-ring (bicyclic) bond motifs is 3. The van der Waals surface area contributed by atoms with Crippen molar-refractivity contribution in [2.75, 3.05) is 29.5 Å². The Morgan fingerprint density at radius 1 is 0.650 bits per heavy atom. The summed E-state index contributed by atoms with van der Waals surface area (Å²) in [4.78, 5) is 14.2. The number of anilines is 2. The van der Waals surface area contributed by atoms with Crippen LogP contribution < -0.4 is 11.1 Å². The van der Waals surface area contributed by atoms with Gasteiger partial charge in [0, 0.05) is 39.9 Å². The van der Waals surface area contributed by atoms with Gasteiger partial charge in [0.2, 0.25) is 0 Å². The van der Waals surface area contributed by atoms with E-state index in [1.165, 1.54) is 36.4 Å². The van der Waals surface area contributed by atoms with Crippen molar-refractivity contribution in [3.8, 4) is 31.7 Å². The van der Waals surface area contributed by atoms with Crippen LogP contribution in [0.5, 0.6) is 0 Å². The molecule has 0 saturated carbocycles. The van der Waals surface area contributed by atoms with Crippen molar-refractivity contribution < 1.29 is 9.84 Å². The number of nitrogens with two attached hydrogens (primary N) is 1. The summed E-state index contributed by atoms with van der Waals surface area (Å²) >= 11 is 8.42. The van der Waals surface area contributed by atoms with Crippen LogP contribution in [0.15, 0.2) is 127 Å². The van der Waals surface area contributed by atoms with Crippen molar-refractivity contribution in [2.24, 2.45) is 0 Å². The van der Waals surface area contributed by atoms with E-state index >= 15 is 0 Å². The third-order valence-corrected chi connectivity index (χ3v) is 13.9. The molecule has 0 spiro atoms. The lowest BCUT2D eigenvalue weighted by Gasteiger charge is -2.13. The number of aromatic nitrogens is 3. The number of hydrogen-bond acceptors (Lipinski definition) is 10. The molecule has 10 rings (SSSR count). The van der Waals surface area contributed by atoms with Crippen LogP contribution in [-0.4, -0.2) is 50.7 Å². The summed E-state index contributed by atoms with van der Waals surface area (Å²) < 4.78 is 8.48. The zero-order valence-corrected chi connectivity index (χ0v) is 37.7. The van der Waals surface area contributed by atoms with E-state index in [2.05, 4.69) is 150 Å². The quantitative estimate of drug-likeness (QED) is 0.0712. The molecule has 1 aliphatic rings. The minimum Gasteiger partial charge on any atom is -0.399 e. The number of thiazole rings is 3. The fourth-order valence-electron chi connectivity index (χ4n) is 6.46. The molecule has 0 amide bonds. The smallest absolute Gasteiger partial charge is 0.124 e. The molecular weight excluding hydrogens is 867 g/mol. The van der Waals surface area contributed by atoms with E-state index in [-0.39, 0.29) is 0 Å². The Balaban J connectivity index is 0.000000185. The Bertz CT molecular complexity index is 2700. The minimum atomic E-state index is -0.422. The summed E-state index contributed by atoms with van der Waals surface area (Å²) in [5.74, 6) is 0. The van der Waals surface area contributed by atoms with E-state index in [1.807, 2.05) is 24.3 Å².